The maximum Gasteiger partial charge on any atom is 0.332 e. The van der Waals surface area contributed by atoms with Crippen LogP contribution in [0, 0.1) is 11.8 Å². The van der Waals surface area contributed by atoms with E-state index in [0.717, 1.165) is 38.3 Å². The maximum absolute atomic E-state index is 12.5. The first-order chi connectivity index (χ1) is 12.6. The Morgan fingerprint density at radius 2 is 2.00 bits per heavy atom. The van der Waals surface area contributed by atoms with Gasteiger partial charge in [-0.05, 0) is 18.8 Å². The number of hydrogen-bond acceptors (Lipinski definition) is 5. The van der Waals surface area contributed by atoms with E-state index in [4.69, 9.17) is 0 Å². The topological polar surface area (TPSA) is 78.0 Å². The van der Waals surface area contributed by atoms with Crippen molar-refractivity contribution in [3.8, 4) is 0 Å². The Hall–Kier alpha value is -2.22. The highest BCUT2D eigenvalue weighted by atomic mass is 16.2. The molecule has 138 valence electrons. The minimum absolute atomic E-state index is 0.243. The predicted octanol–water partition coefficient (Wildman–Crippen LogP) is 0.168. The minimum atomic E-state index is -0.451. The Morgan fingerprint density at radius 3 is 2.69 bits per heavy atom. The standard InChI is InChI=1S/C18H24N6O2/c1-21-6-13(5-19-21)7-22-9-14-10-23-16(15(14)11-22)20-24(18(26)17(23)25)8-12-3-2-4-12/h5-6,12,14-15H,2-4,7-11H2,1H3/t14-,15+/m1/s1. The number of aromatic nitrogens is 5. The van der Waals surface area contributed by atoms with Crippen LogP contribution >= 0.6 is 0 Å². The van der Waals surface area contributed by atoms with Crippen LogP contribution in [0.25, 0.3) is 0 Å². The van der Waals surface area contributed by atoms with Gasteiger partial charge in [0, 0.05) is 63.4 Å². The van der Waals surface area contributed by atoms with Crippen LogP contribution in [0.2, 0.25) is 0 Å². The second-order valence-corrected chi connectivity index (χ2v) is 8.14. The SMILES string of the molecule is Cn1cc(CN2C[C@@H]3Cn4c(nn(CC5CCC5)c(=O)c4=O)[C@H]3C2)cn1. The van der Waals surface area contributed by atoms with Gasteiger partial charge in [0.05, 0.1) is 6.20 Å². The first kappa shape index (κ1) is 16.0. The molecule has 1 aliphatic carbocycles. The zero-order chi connectivity index (χ0) is 17.8. The monoisotopic (exact) mass is 356 g/mol. The first-order valence-corrected chi connectivity index (χ1v) is 9.50. The summed E-state index contributed by atoms with van der Waals surface area (Å²) in [4.78, 5) is 27.3. The fourth-order valence-electron chi connectivity index (χ4n) is 4.66. The summed E-state index contributed by atoms with van der Waals surface area (Å²) in [6.07, 6.45) is 7.44. The fourth-order valence-corrected chi connectivity index (χ4v) is 4.66. The summed E-state index contributed by atoms with van der Waals surface area (Å²) in [7, 11) is 1.93. The molecule has 8 heteroatoms. The van der Waals surface area contributed by atoms with E-state index in [2.05, 4.69) is 15.1 Å². The van der Waals surface area contributed by atoms with E-state index in [9.17, 15) is 9.59 Å². The molecule has 0 spiro atoms. The van der Waals surface area contributed by atoms with Gasteiger partial charge in [-0.15, -0.1) is 0 Å². The van der Waals surface area contributed by atoms with Crippen LogP contribution in [0.4, 0.5) is 0 Å². The number of aryl methyl sites for hydroxylation is 1. The molecule has 3 aliphatic rings. The summed E-state index contributed by atoms with van der Waals surface area (Å²) in [6, 6.07) is 0. The van der Waals surface area contributed by atoms with Crippen LogP contribution < -0.4 is 11.1 Å². The van der Waals surface area contributed by atoms with Crippen LogP contribution in [0.1, 0.15) is 36.6 Å². The summed E-state index contributed by atoms with van der Waals surface area (Å²) in [6.45, 7) is 3.90. The van der Waals surface area contributed by atoms with Gasteiger partial charge in [0.25, 0.3) is 0 Å². The molecule has 2 atom stereocenters. The van der Waals surface area contributed by atoms with Crippen molar-refractivity contribution in [3.05, 3.63) is 44.5 Å². The zero-order valence-electron chi connectivity index (χ0n) is 15.0. The van der Waals surface area contributed by atoms with Crippen molar-refractivity contribution in [2.75, 3.05) is 13.1 Å². The Labute approximate surface area is 151 Å². The molecule has 5 rings (SSSR count). The molecule has 0 aromatic carbocycles. The normalized spacial score (nSPS) is 25.3. The summed E-state index contributed by atoms with van der Waals surface area (Å²) in [5, 5.41) is 8.88. The quantitative estimate of drug-likeness (QED) is 0.730. The van der Waals surface area contributed by atoms with E-state index >= 15 is 0 Å². The summed E-state index contributed by atoms with van der Waals surface area (Å²) in [5.41, 5.74) is 0.364. The number of nitrogens with zero attached hydrogens (tertiary/aromatic N) is 6. The molecule has 2 aromatic heterocycles. The number of rotatable bonds is 4. The fraction of sp³-hybridized carbons (Fsp3) is 0.667. The largest absolute Gasteiger partial charge is 0.332 e. The number of hydrogen-bond donors (Lipinski definition) is 0. The van der Waals surface area contributed by atoms with E-state index in [-0.39, 0.29) is 11.5 Å². The number of likely N-dealkylation sites (tertiary alicyclic amines) is 1. The highest BCUT2D eigenvalue weighted by molar-refractivity contribution is 5.13. The van der Waals surface area contributed by atoms with Gasteiger partial charge < -0.3 is 0 Å². The summed E-state index contributed by atoms with van der Waals surface area (Å²) in [5.74, 6) is 1.93. The molecule has 2 fully saturated rings. The molecule has 1 saturated carbocycles. The second kappa shape index (κ2) is 5.90. The molecule has 2 aliphatic heterocycles. The van der Waals surface area contributed by atoms with Gasteiger partial charge in [-0.2, -0.15) is 10.2 Å². The Morgan fingerprint density at radius 1 is 1.15 bits per heavy atom. The van der Waals surface area contributed by atoms with Gasteiger partial charge in [0.2, 0.25) is 0 Å². The lowest BCUT2D eigenvalue weighted by molar-refractivity contribution is 0.256. The second-order valence-electron chi connectivity index (χ2n) is 8.14. The molecule has 8 nitrogen and oxygen atoms in total. The van der Waals surface area contributed by atoms with E-state index in [1.54, 1.807) is 4.57 Å². The van der Waals surface area contributed by atoms with Crippen molar-refractivity contribution >= 4 is 0 Å². The average Bonchev–Trinajstić information content (AvgIpc) is 3.23. The van der Waals surface area contributed by atoms with Gasteiger partial charge in [-0.3, -0.25) is 23.7 Å². The molecule has 0 N–H and O–H groups in total. The number of fused-ring (bicyclic) bond motifs is 3. The Bertz CT molecular complexity index is 953. The molecule has 2 aromatic rings. The molecular formula is C18H24N6O2. The van der Waals surface area contributed by atoms with Crippen molar-refractivity contribution in [2.45, 2.75) is 44.8 Å². The van der Waals surface area contributed by atoms with Crippen LogP contribution in [0.5, 0.6) is 0 Å². The van der Waals surface area contributed by atoms with Crippen LogP contribution in [-0.2, 0) is 26.7 Å². The molecule has 0 amide bonds. The highest BCUT2D eigenvalue weighted by Gasteiger charge is 2.42. The minimum Gasteiger partial charge on any atom is -0.298 e. The lowest BCUT2D eigenvalue weighted by Crippen LogP contribution is -2.45. The Kier molecular flexibility index (Phi) is 3.63. The maximum atomic E-state index is 12.5. The van der Waals surface area contributed by atoms with Crippen LogP contribution in [0.3, 0.4) is 0 Å². The third kappa shape index (κ3) is 2.55. The van der Waals surface area contributed by atoms with Gasteiger partial charge in [0.1, 0.15) is 5.82 Å². The summed E-state index contributed by atoms with van der Waals surface area (Å²) < 4.78 is 4.91. The van der Waals surface area contributed by atoms with Gasteiger partial charge in [-0.1, -0.05) is 6.42 Å². The van der Waals surface area contributed by atoms with Gasteiger partial charge in [0.15, 0.2) is 0 Å². The van der Waals surface area contributed by atoms with Crippen LogP contribution in [-0.4, -0.2) is 42.1 Å². The first-order valence-electron chi connectivity index (χ1n) is 9.50. The third-order valence-corrected chi connectivity index (χ3v) is 6.25. The average molecular weight is 356 g/mol. The highest BCUT2D eigenvalue weighted by Crippen LogP contribution is 2.37. The molecular weight excluding hydrogens is 332 g/mol. The van der Waals surface area contributed by atoms with Crippen molar-refractivity contribution < 1.29 is 0 Å². The molecule has 0 radical (unpaired) electrons. The lowest BCUT2D eigenvalue weighted by Gasteiger charge is -2.25. The third-order valence-electron chi connectivity index (χ3n) is 6.25. The van der Waals surface area contributed by atoms with E-state index < -0.39 is 5.56 Å². The molecule has 0 unspecified atom stereocenters. The molecule has 1 saturated heterocycles. The van der Waals surface area contributed by atoms with E-state index in [0.29, 0.717) is 24.9 Å². The lowest BCUT2D eigenvalue weighted by atomic mass is 9.85. The molecule has 4 heterocycles. The van der Waals surface area contributed by atoms with Gasteiger partial charge >= 0.3 is 11.1 Å². The van der Waals surface area contributed by atoms with Crippen molar-refractivity contribution in [1.29, 1.82) is 0 Å². The molecule has 26 heavy (non-hydrogen) atoms. The van der Waals surface area contributed by atoms with Crippen molar-refractivity contribution in [1.82, 2.24) is 29.0 Å². The zero-order valence-corrected chi connectivity index (χ0v) is 15.0. The predicted molar refractivity (Wildman–Crippen MR) is 94.8 cm³/mol. The Balaban J connectivity index is 1.39. The molecule has 0 bridgehead atoms. The summed E-state index contributed by atoms with van der Waals surface area (Å²) >= 11 is 0. The van der Waals surface area contributed by atoms with Crippen LogP contribution in [0.15, 0.2) is 22.0 Å². The smallest absolute Gasteiger partial charge is 0.298 e. The van der Waals surface area contributed by atoms with Gasteiger partial charge in [-0.25, -0.2) is 4.68 Å². The van der Waals surface area contributed by atoms with Crippen molar-refractivity contribution in [3.63, 3.8) is 0 Å². The van der Waals surface area contributed by atoms with E-state index in [1.165, 1.54) is 16.7 Å². The van der Waals surface area contributed by atoms with E-state index in [1.807, 2.05) is 24.1 Å². The van der Waals surface area contributed by atoms with Crippen molar-refractivity contribution in [2.24, 2.45) is 18.9 Å².